The van der Waals surface area contributed by atoms with Gasteiger partial charge >= 0.3 is 5.97 Å². The highest BCUT2D eigenvalue weighted by Gasteiger charge is 2.21. The van der Waals surface area contributed by atoms with Crippen LogP contribution >= 0.6 is 0 Å². The van der Waals surface area contributed by atoms with E-state index in [1.165, 1.54) is 0 Å². The summed E-state index contributed by atoms with van der Waals surface area (Å²) < 4.78 is 1.85. The van der Waals surface area contributed by atoms with Crippen LogP contribution in [0.5, 0.6) is 0 Å². The fourth-order valence-electron chi connectivity index (χ4n) is 1.75. The maximum Gasteiger partial charge on any atom is 0.303 e. The van der Waals surface area contributed by atoms with Gasteiger partial charge in [-0.3, -0.25) is 4.79 Å². The van der Waals surface area contributed by atoms with Crippen molar-refractivity contribution in [2.24, 2.45) is 5.92 Å². The Morgan fingerprint density at radius 3 is 3.38 bits per heavy atom. The average molecular weight is 181 g/mol. The topological polar surface area (TPSA) is 68.0 Å². The van der Waals surface area contributed by atoms with Gasteiger partial charge in [-0.1, -0.05) is 5.21 Å². The van der Waals surface area contributed by atoms with Crippen molar-refractivity contribution in [3.05, 3.63) is 11.9 Å². The van der Waals surface area contributed by atoms with Gasteiger partial charge in [0.15, 0.2) is 0 Å². The van der Waals surface area contributed by atoms with Crippen molar-refractivity contribution in [3.8, 4) is 0 Å². The second-order valence-electron chi connectivity index (χ2n) is 3.41. The molecule has 0 amide bonds. The minimum Gasteiger partial charge on any atom is -0.481 e. The number of hydrogen-bond acceptors (Lipinski definition) is 3. The minimum atomic E-state index is -0.717. The first-order valence-corrected chi connectivity index (χ1v) is 4.35. The molecule has 5 nitrogen and oxygen atoms in total. The summed E-state index contributed by atoms with van der Waals surface area (Å²) in [6, 6.07) is 0. The molecule has 5 heteroatoms. The van der Waals surface area contributed by atoms with Crippen molar-refractivity contribution in [2.45, 2.75) is 25.8 Å². The second kappa shape index (κ2) is 3.16. The molecular weight excluding hydrogens is 170 g/mol. The Kier molecular flexibility index (Phi) is 2.00. The van der Waals surface area contributed by atoms with Crippen LogP contribution in [0.2, 0.25) is 0 Å². The Hall–Kier alpha value is -1.39. The number of fused-ring (bicyclic) bond motifs is 1. The maximum atomic E-state index is 10.5. The monoisotopic (exact) mass is 181 g/mol. The molecule has 0 saturated carbocycles. The lowest BCUT2D eigenvalue weighted by Gasteiger charge is -2.20. The van der Waals surface area contributed by atoms with E-state index in [-0.39, 0.29) is 12.3 Å². The second-order valence-corrected chi connectivity index (χ2v) is 3.41. The van der Waals surface area contributed by atoms with Crippen LogP contribution in [0.1, 0.15) is 18.5 Å². The minimum absolute atomic E-state index is 0.253. The standard InChI is InChI=1S/C8H11N3O2/c12-8(13)4-6-1-2-11-7(3-6)5-9-10-11/h5-6H,1-4H2,(H,12,13). The van der Waals surface area contributed by atoms with Gasteiger partial charge in [0.2, 0.25) is 0 Å². The van der Waals surface area contributed by atoms with E-state index in [1.807, 2.05) is 4.68 Å². The van der Waals surface area contributed by atoms with Crippen LogP contribution in [0.25, 0.3) is 0 Å². The third-order valence-electron chi connectivity index (χ3n) is 2.41. The Morgan fingerprint density at radius 1 is 1.77 bits per heavy atom. The molecule has 1 aromatic heterocycles. The third kappa shape index (κ3) is 1.68. The Morgan fingerprint density at radius 2 is 2.62 bits per heavy atom. The molecule has 1 N–H and O–H groups in total. The van der Waals surface area contributed by atoms with Gasteiger partial charge < -0.3 is 5.11 Å². The predicted molar refractivity (Wildman–Crippen MR) is 44.1 cm³/mol. The van der Waals surface area contributed by atoms with Gasteiger partial charge in [-0.15, -0.1) is 5.10 Å². The highest BCUT2D eigenvalue weighted by Crippen LogP contribution is 2.21. The van der Waals surface area contributed by atoms with Gasteiger partial charge in [-0.2, -0.15) is 0 Å². The number of carboxylic acids is 1. The molecule has 0 aliphatic carbocycles. The molecule has 1 unspecified atom stereocenters. The summed E-state index contributed by atoms with van der Waals surface area (Å²) in [5.74, 6) is -0.463. The lowest BCUT2D eigenvalue weighted by Crippen LogP contribution is -2.21. The van der Waals surface area contributed by atoms with Gasteiger partial charge in [0.05, 0.1) is 11.9 Å². The molecule has 0 saturated heterocycles. The zero-order chi connectivity index (χ0) is 9.26. The summed E-state index contributed by atoms with van der Waals surface area (Å²) >= 11 is 0. The molecular formula is C8H11N3O2. The summed E-state index contributed by atoms with van der Waals surface area (Å²) in [5, 5.41) is 16.3. The molecule has 0 radical (unpaired) electrons. The molecule has 1 aliphatic rings. The number of hydrogen-bond donors (Lipinski definition) is 1. The van der Waals surface area contributed by atoms with Gasteiger partial charge in [0, 0.05) is 13.0 Å². The molecule has 2 heterocycles. The average Bonchev–Trinajstić information content (AvgIpc) is 2.49. The molecule has 0 bridgehead atoms. The SMILES string of the molecule is O=C(O)CC1CCn2nncc2C1. The summed E-state index contributed by atoms with van der Waals surface area (Å²) in [6.45, 7) is 0.799. The van der Waals surface area contributed by atoms with Gasteiger partial charge in [0.1, 0.15) is 0 Å². The van der Waals surface area contributed by atoms with Crippen LogP contribution in [0.4, 0.5) is 0 Å². The zero-order valence-electron chi connectivity index (χ0n) is 7.18. The first kappa shape index (κ1) is 8.22. The van der Waals surface area contributed by atoms with Gasteiger partial charge in [-0.25, -0.2) is 4.68 Å². The van der Waals surface area contributed by atoms with E-state index in [0.29, 0.717) is 0 Å². The van der Waals surface area contributed by atoms with E-state index in [4.69, 9.17) is 5.11 Å². The molecule has 1 aromatic rings. The van der Waals surface area contributed by atoms with E-state index >= 15 is 0 Å². The van der Waals surface area contributed by atoms with Crippen LogP contribution < -0.4 is 0 Å². The van der Waals surface area contributed by atoms with Crippen molar-refractivity contribution < 1.29 is 9.90 Å². The predicted octanol–water partition coefficient (Wildman–Crippen LogP) is 0.315. The van der Waals surface area contributed by atoms with Crippen molar-refractivity contribution in [3.63, 3.8) is 0 Å². The van der Waals surface area contributed by atoms with E-state index < -0.39 is 5.97 Å². The first-order valence-electron chi connectivity index (χ1n) is 4.35. The zero-order valence-corrected chi connectivity index (χ0v) is 7.18. The van der Waals surface area contributed by atoms with Crippen LogP contribution in [-0.2, 0) is 17.8 Å². The normalized spacial score (nSPS) is 21.1. The molecule has 1 aliphatic heterocycles. The Balaban J connectivity index is 2.04. The van der Waals surface area contributed by atoms with E-state index in [0.717, 1.165) is 25.1 Å². The number of carboxylic acid groups (broad SMARTS) is 1. The van der Waals surface area contributed by atoms with Crippen LogP contribution in [-0.4, -0.2) is 26.1 Å². The summed E-state index contributed by atoms with van der Waals surface area (Å²) in [4.78, 5) is 10.5. The van der Waals surface area contributed by atoms with Crippen molar-refractivity contribution >= 4 is 5.97 Å². The molecule has 0 aromatic carbocycles. The van der Waals surface area contributed by atoms with Crippen LogP contribution in [0.15, 0.2) is 6.20 Å². The summed E-state index contributed by atoms with van der Waals surface area (Å²) in [7, 11) is 0. The van der Waals surface area contributed by atoms with E-state index in [9.17, 15) is 4.79 Å². The first-order chi connectivity index (χ1) is 6.25. The van der Waals surface area contributed by atoms with Crippen molar-refractivity contribution in [1.82, 2.24) is 15.0 Å². The lowest BCUT2D eigenvalue weighted by molar-refractivity contribution is -0.138. The number of carbonyl (C=O) groups is 1. The van der Waals surface area contributed by atoms with Crippen molar-refractivity contribution in [2.75, 3.05) is 0 Å². The third-order valence-corrected chi connectivity index (χ3v) is 2.41. The van der Waals surface area contributed by atoms with Gasteiger partial charge in [0.25, 0.3) is 0 Å². The fourth-order valence-corrected chi connectivity index (χ4v) is 1.75. The highest BCUT2D eigenvalue weighted by molar-refractivity contribution is 5.67. The number of rotatable bonds is 2. The number of nitrogens with zero attached hydrogens (tertiary/aromatic N) is 3. The molecule has 0 fully saturated rings. The Labute approximate surface area is 75.4 Å². The molecule has 2 rings (SSSR count). The smallest absolute Gasteiger partial charge is 0.303 e. The van der Waals surface area contributed by atoms with Crippen LogP contribution in [0, 0.1) is 5.92 Å². The lowest BCUT2D eigenvalue weighted by atomic mass is 9.93. The maximum absolute atomic E-state index is 10.5. The van der Waals surface area contributed by atoms with Crippen molar-refractivity contribution in [1.29, 1.82) is 0 Å². The Bertz CT molecular complexity index is 321. The highest BCUT2D eigenvalue weighted by atomic mass is 16.4. The largest absolute Gasteiger partial charge is 0.481 e. The van der Waals surface area contributed by atoms with Gasteiger partial charge in [-0.05, 0) is 18.8 Å². The number of aryl methyl sites for hydroxylation is 1. The molecule has 70 valence electrons. The molecule has 1 atom stereocenters. The summed E-state index contributed by atoms with van der Waals surface area (Å²) in [6.07, 6.45) is 3.65. The molecule has 13 heavy (non-hydrogen) atoms. The number of aromatic nitrogens is 3. The van der Waals surface area contributed by atoms with E-state index in [2.05, 4.69) is 10.3 Å². The van der Waals surface area contributed by atoms with Crippen LogP contribution in [0.3, 0.4) is 0 Å². The summed E-state index contributed by atoms with van der Waals surface area (Å²) in [5.41, 5.74) is 1.05. The quantitative estimate of drug-likeness (QED) is 0.713. The fraction of sp³-hybridized carbons (Fsp3) is 0.625. The number of aliphatic carboxylic acids is 1. The molecule has 0 spiro atoms. The van der Waals surface area contributed by atoms with E-state index in [1.54, 1.807) is 6.20 Å².